The third-order valence-electron chi connectivity index (χ3n) is 3.47. The van der Waals surface area contributed by atoms with Gasteiger partial charge in [0.1, 0.15) is 5.82 Å². The minimum Gasteiger partial charge on any atom is -0.350 e. The van der Waals surface area contributed by atoms with Gasteiger partial charge in [0.2, 0.25) is 5.95 Å². The second kappa shape index (κ2) is 6.92. The zero-order valence-corrected chi connectivity index (χ0v) is 13.4. The molecule has 0 saturated carbocycles. The minimum atomic E-state index is 0.629. The lowest BCUT2D eigenvalue weighted by atomic mass is 10.1. The van der Waals surface area contributed by atoms with Gasteiger partial charge in [0.25, 0.3) is 0 Å². The monoisotopic (exact) mass is 304 g/mol. The van der Waals surface area contributed by atoms with Gasteiger partial charge in [-0.1, -0.05) is 48.0 Å². The zero-order chi connectivity index (χ0) is 16.1. The molecule has 2 aromatic carbocycles. The van der Waals surface area contributed by atoms with E-state index in [1.165, 1.54) is 11.1 Å². The molecule has 1 aromatic heterocycles. The largest absolute Gasteiger partial charge is 0.350 e. The van der Waals surface area contributed by atoms with Gasteiger partial charge in [0, 0.05) is 24.0 Å². The summed E-state index contributed by atoms with van der Waals surface area (Å²) in [5, 5.41) is 6.58. The molecule has 2 N–H and O–H groups in total. The summed E-state index contributed by atoms with van der Waals surface area (Å²) in [4.78, 5) is 8.97. The fraction of sp³-hybridized carbons (Fsp3) is 0.158. The number of para-hydroxylation sites is 1. The summed E-state index contributed by atoms with van der Waals surface area (Å²) >= 11 is 0. The van der Waals surface area contributed by atoms with E-state index < -0.39 is 0 Å². The Labute approximate surface area is 136 Å². The van der Waals surface area contributed by atoms with Gasteiger partial charge in [-0.25, -0.2) is 4.98 Å². The normalized spacial score (nSPS) is 10.3. The predicted molar refractivity (Wildman–Crippen MR) is 95.0 cm³/mol. The van der Waals surface area contributed by atoms with E-state index in [-0.39, 0.29) is 0 Å². The molecule has 0 amide bonds. The van der Waals surface area contributed by atoms with Crippen molar-refractivity contribution in [2.45, 2.75) is 20.4 Å². The van der Waals surface area contributed by atoms with Gasteiger partial charge in [-0.3, -0.25) is 0 Å². The summed E-state index contributed by atoms with van der Waals surface area (Å²) in [6.07, 6.45) is 0. The number of nitrogens with zero attached hydrogens (tertiary/aromatic N) is 2. The molecular formula is C19H20N4. The van der Waals surface area contributed by atoms with E-state index in [9.17, 15) is 0 Å². The Morgan fingerprint density at radius 2 is 1.61 bits per heavy atom. The Hall–Kier alpha value is -2.88. The average Bonchev–Trinajstić information content (AvgIpc) is 2.55. The van der Waals surface area contributed by atoms with Gasteiger partial charge in [-0.15, -0.1) is 0 Å². The van der Waals surface area contributed by atoms with Gasteiger partial charge in [-0.05, 0) is 31.5 Å². The first-order valence-corrected chi connectivity index (χ1v) is 7.66. The topological polar surface area (TPSA) is 49.8 Å². The van der Waals surface area contributed by atoms with Gasteiger partial charge < -0.3 is 10.6 Å². The number of hydrogen-bond acceptors (Lipinski definition) is 4. The number of anilines is 3. The van der Waals surface area contributed by atoms with Crippen LogP contribution in [0.2, 0.25) is 0 Å². The molecule has 4 nitrogen and oxygen atoms in total. The van der Waals surface area contributed by atoms with Crippen molar-refractivity contribution in [1.29, 1.82) is 0 Å². The lowest BCUT2D eigenvalue weighted by Gasteiger charge is -2.10. The molecule has 0 unspecified atom stereocenters. The Kier molecular flexibility index (Phi) is 4.52. The summed E-state index contributed by atoms with van der Waals surface area (Å²) < 4.78 is 0. The molecule has 1 heterocycles. The van der Waals surface area contributed by atoms with E-state index in [1.807, 2.05) is 43.3 Å². The molecule has 116 valence electrons. The van der Waals surface area contributed by atoms with Crippen molar-refractivity contribution in [2.75, 3.05) is 10.6 Å². The number of rotatable bonds is 5. The summed E-state index contributed by atoms with van der Waals surface area (Å²) in [6.45, 7) is 4.76. The zero-order valence-electron chi connectivity index (χ0n) is 13.4. The van der Waals surface area contributed by atoms with E-state index in [2.05, 4.69) is 51.8 Å². The minimum absolute atomic E-state index is 0.629. The maximum absolute atomic E-state index is 4.53. The van der Waals surface area contributed by atoms with E-state index in [0.29, 0.717) is 12.5 Å². The van der Waals surface area contributed by atoms with E-state index in [1.54, 1.807) is 0 Å². The maximum Gasteiger partial charge on any atom is 0.225 e. The van der Waals surface area contributed by atoms with Crippen LogP contribution < -0.4 is 10.6 Å². The van der Waals surface area contributed by atoms with Crippen LogP contribution >= 0.6 is 0 Å². The number of aryl methyl sites for hydroxylation is 2. The lowest BCUT2D eigenvalue weighted by Crippen LogP contribution is -2.06. The maximum atomic E-state index is 4.53. The molecule has 0 aliphatic rings. The van der Waals surface area contributed by atoms with Gasteiger partial charge in [0.15, 0.2) is 0 Å². The fourth-order valence-electron chi connectivity index (χ4n) is 2.27. The number of benzene rings is 2. The second-order valence-corrected chi connectivity index (χ2v) is 5.55. The Morgan fingerprint density at radius 1 is 0.870 bits per heavy atom. The van der Waals surface area contributed by atoms with Gasteiger partial charge >= 0.3 is 0 Å². The molecular weight excluding hydrogens is 284 g/mol. The highest BCUT2D eigenvalue weighted by atomic mass is 15.1. The highest BCUT2D eigenvalue weighted by Crippen LogP contribution is 2.16. The average molecular weight is 304 g/mol. The van der Waals surface area contributed by atoms with Crippen molar-refractivity contribution in [2.24, 2.45) is 0 Å². The Bertz CT molecular complexity index is 767. The predicted octanol–water partition coefficient (Wildman–Crippen LogP) is 4.45. The first kappa shape index (κ1) is 15.0. The molecule has 0 aliphatic carbocycles. The first-order valence-electron chi connectivity index (χ1n) is 7.66. The van der Waals surface area contributed by atoms with Crippen LogP contribution in [0.25, 0.3) is 0 Å². The van der Waals surface area contributed by atoms with Crippen molar-refractivity contribution >= 4 is 17.5 Å². The van der Waals surface area contributed by atoms with Crippen LogP contribution in [-0.2, 0) is 6.54 Å². The van der Waals surface area contributed by atoms with Crippen LogP contribution in [0.15, 0.2) is 60.7 Å². The molecule has 4 heteroatoms. The van der Waals surface area contributed by atoms with Crippen molar-refractivity contribution in [3.63, 3.8) is 0 Å². The van der Waals surface area contributed by atoms with E-state index in [0.717, 1.165) is 17.2 Å². The SMILES string of the molecule is Cc1ccc(CNc2nc(C)cc(Nc3ccccc3)n2)cc1. The van der Waals surface area contributed by atoms with Gasteiger partial charge in [0.05, 0.1) is 0 Å². The van der Waals surface area contributed by atoms with Crippen LogP contribution in [0.1, 0.15) is 16.8 Å². The third kappa shape index (κ3) is 4.30. The summed E-state index contributed by atoms with van der Waals surface area (Å²) in [5.74, 6) is 1.42. The Morgan fingerprint density at radius 3 is 2.35 bits per heavy atom. The molecule has 0 aliphatic heterocycles. The van der Waals surface area contributed by atoms with Crippen molar-refractivity contribution in [3.05, 3.63) is 77.5 Å². The summed E-state index contributed by atoms with van der Waals surface area (Å²) in [7, 11) is 0. The lowest BCUT2D eigenvalue weighted by molar-refractivity contribution is 1.03. The Balaban J connectivity index is 1.71. The van der Waals surface area contributed by atoms with Crippen LogP contribution in [0, 0.1) is 13.8 Å². The van der Waals surface area contributed by atoms with Crippen molar-refractivity contribution < 1.29 is 0 Å². The van der Waals surface area contributed by atoms with E-state index in [4.69, 9.17) is 0 Å². The van der Waals surface area contributed by atoms with Crippen molar-refractivity contribution in [3.8, 4) is 0 Å². The number of nitrogens with one attached hydrogen (secondary N) is 2. The molecule has 3 aromatic rings. The molecule has 0 fully saturated rings. The van der Waals surface area contributed by atoms with Crippen LogP contribution in [0.3, 0.4) is 0 Å². The summed E-state index contributed by atoms with van der Waals surface area (Å²) in [5.41, 5.74) is 4.40. The third-order valence-corrected chi connectivity index (χ3v) is 3.47. The highest BCUT2D eigenvalue weighted by molar-refractivity contribution is 5.57. The second-order valence-electron chi connectivity index (χ2n) is 5.55. The van der Waals surface area contributed by atoms with Crippen molar-refractivity contribution in [1.82, 2.24) is 9.97 Å². The van der Waals surface area contributed by atoms with Gasteiger partial charge in [-0.2, -0.15) is 4.98 Å². The van der Waals surface area contributed by atoms with Crippen LogP contribution in [0.4, 0.5) is 17.5 Å². The number of hydrogen-bond donors (Lipinski definition) is 2. The first-order chi connectivity index (χ1) is 11.2. The summed E-state index contributed by atoms with van der Waals surface area (Å²) in [6, 6.07) is 20.4. The molecule has 0 saturated heterocycles. The molecule has 0 bridgehead atoms. The molecule has 23 heavy (non-hydrogen) atoms. The molecule has 0 spiro atoms. The standard InChI is InChI=1S/C19H20N4/c1-14-8-10-16(11-9-14)13-20-19-21-15(2)12-18(23-19)22-17-6-4-3-5-7-17/h3-12H,13H2,1-2H3,(H2,20,21,22,23). The fourth-order valence-corrected chi connectivity index (χ4v) is 2.27. The van der Waals surface area contributed by atoms with Crippen LogP contribution in [0.5, 0.6) is 0 Å². The highest BCUT2D eigenvalue weighted by Gasteiger charge is 2.03. The van der Waals surface area contributed by atoms with Crippen LogP contribution in [-0.4, -0.2) is 9.97 Å². The molecule has 0 atom stereocenters. The molecule has 3 rings (SSSR count). The smallest absolute Gasteiger partial charge is 0.225 e. The molecule has 0 radical (unpaired) electrons. The quantitative estimate of drug-likeness (QED) is 0.731. The van der Waals surface area contributed by atoms with E-state index >= 15 is 0 Å². The number of aromatic nitrogens is 2.